The first kappa shape index (κ1) is 15.6. The Morgan fingerprint density at radius 3 is 2.76 bits per heavy atom. The average Bonchev–Trinajstić information content (AvgIpc) is 3.06. The predicted molar refractivity (Wildman–Crippen MR) is 98.8 cm³/mol. The first-order chi connectivity index (χ1) is 12.3. The molecule has 3 aromatic heterocycles. The van der Waals surface area contributed by atoms with Gasteiger partial charge >= 0.3 is 6.03 Å². The summed E-state index contributed by atoms with van der Waals surface area (Å²) in [5.41, 5.74) is 2.87. The first-order valence-electron chi connectivity index (χ1n) is 8.74. The van der Waals surface area contributed by atoms with Crippen LogP contribution < -0.4 is 10.6 Å². The van der Waals surface area contributed by atoms with Gasteiger partial charge in [-0.1, -0.05) is 25.3 Å². The number of nitrogens with zero attached hydrogens (tertiary/aromatic N) is 2. The van der Waals surface area contributed by atoms with Crippen molar-refractivity contribution in [3.63, 3.8) is 0 Å². The Kier molecular flexibility index (Phi) is 4.33. The Morgan fingerprint density at radius 1 is 1.08 bits per heavy atom. The number of amides is 2. The summed E-state index contributed by atoms with van der Waals surface area (Å²) in [4.78, 5) is 23.7. The van der Waals surface area contributed by atoms with Crippen LogP contribution in [0.4, 0.5) is 16.3 Å². The molecule has 6 heteroatoms. The number of fused-ring (bicyclic) bond motifs is 1. The van der Waals surface area contributed by atoms with E-state index in [-0.39, 0.29) is 6.03 Å². The number of hydrogen-bond acceptors (Lipinski definition) is 3. The highest BCUT2D eigenvalue weighted by Crippen LogP contribution is 2.32. The molecule has 4 rings (SSSR count). The third-order valence-corrected chi connectivity index (χ3v) is 4.84. The zero-order valence-electron chi connectivity index (χ0n) is 14.0. The van der Waals surface area contributed by atoms with Crippen molar-refractivity contribution >= 4 is 28.4 Å². The van der Waals surface area contributed by atoms with E-state index in [2.05, 4.69) is 31.7 Å². The largest absolute Gasteiger partial charge is 0.358 e. The summed E-state index contributed by atoms with van der Waals surface area (Å²) < 4.78 is 0. The minimum absolute atomic E-state index is 0.310. The molecule has 2 amide bonds. The summed E-state index contributed by atoms with van der Waals surface area (Å²) in [7, 11) is 0. The van der Waals surface area contributed by atoms with Crippen LogP contribution in [-0.2, 0) is 0 Å². The van der Waals surface area contributed by atoms with Gasteiger partial charge in [0, 0.05) is 24.0 Å². The summed E-state index contributed by atoms with van der Waals surface area (Å²) in [5.74, 6) is 1.17. The molecule has 0 unspecified atom stereocenters. The molecular formula is C19H21N5O. The van der Waals surface area contributed by atoms with Crippen molar-refractivity contribution in [3.05, 3.63) is 48.5 Å². The number of urea groups is 1. The van der Waals surface area contributed by atoms with Crippen LogP contribution in [0.5, 0.6) is 0 Å². The van der Waals surface area contributed by atoms with E-state index in [0.29, 0.717) is 17.4 Å². The molecule has 3 aromatic rings. The summed E-state index contributed by atoms with van der Waals surface area (Å²) in [6, 6.07) is 5.51. The maximum Gasteiger partial charge on any atom is 0.324 e. The Morgan fingerprint density at radius 2 is 1.96 bits per heavy atom. The molecule has 6 nitrogen and oxygen atoms in total. The van der Waals surface area contributed by atoms with Crippen molar-refractivity contribution in [3.8, 4) is 0 Å². The number of rotatable bonds is 3. The maximum atomic E-state index is 12.2. The van der Waals surface area contributed by atoms with Gasteiger partial charge in [-0.3, -0.25) is 10.3 Å². The Hall–Kier alpha value is -2.89. The molecule has 0 saturated heterocycles. The number of H-pyrrole nitrogens is 1. The zero-order valence-corrected chi connectivity index (χ0v) is 14.0. The Labute approximate surface area is 146 Å². The van der Waals surface area contributed by atoms with Crippen LogP contribution in [0.3, 0.4) is 0 Å². The molecule has 0 atom stereocenters. The summed E-state index contributed by atoms with van der Waals surface area (Å²) in [6.07, 6.45) is 13.5. The minimum atomic E-state index is -0.310. The summed E-state index contributed by atoms with van der Waals surface area (Å²) in [6.45, 7) is 0. The molecular weight excluding hydrogens is 314 g/mol. The predicted octanol–water partition coefficient (Wildman–Crippen LogP) is 4.65. The zero-order chi connectivity index (χ0) is 17.1. The van der Waals surface area contributed by atoms with Crippen molar-refractivity contribution in [1.82, 2.24) is 15.0 Å². The molecule has 0 bridgehead atoms. The fourth-order valence-electron chi connectivity index (χ4n) is 3.50. The van der Waals surface area contributed by atoms with E-state index < -0.39 is 0 Å². The lowest BCUT2D eigenvalue weighted by Gasteiger charge is -2.21. The van der Waals surface area contributed by atoms with Gasteiger partial charge in [0.25, 0.3) is 0 Å². The molecule has 1 fully saturated rings. The number of aromatic amines is 1. The average molecular weight is 335 g/mol. The fraction of sp³-hybridized carbons (Fsp3) is 0.316. The van der Waals surface area contributed by atoms with Gasteiger partial charge in [-0.15, -0.1) is 0 Å². The second-order valence-electron chi connectivity index (χ2n) is 6.51. The van der Waals surface area contributed by atoms with Crippen LogP contribution in [0, 0.1) is 0 Å². The number of aromatic nitrogens is 3. The monoisotopic (exact) mass is 335 g/mol. The van der Waals surface area contributed by atoms with E-state index in [1.807, 2.05) is 18.3 Å². The fourth-order valence-corrected chi connectivity index (χ4v) is 3.50. The van der Waals surface area contributed by atoms with Crippen LogP contribution >= 0.6 is 0 Å². The highest BCUT2D eigenvalue weighted by Gasteiger charge is 2.16. The highest BCUT2D eigenvalue weighted by atomic mass is 16.2. The highest BCUT2D eigenvalue weighted by molar-refractivity contribution is 6.05. The van der Waals surface area contributed by atoms with Crippen molar-refractivity contribution in [2.24, 2.45) is 0 Å². The molecule has 3 heterocycles. The first-order valence-corrected chi connectivity index (χ1v) is 8.74. The normalized spacial score (nSPS) is 15.2. The number of carbonyl (C=O) groups excluding carboxylic acids is 1. The molecule has 0 spiro atoms. The van der Waals surface area contributed by atoms with Gasteiger partial charge in [-0.2, -0.15) is 0 Å². The van der Waals surface area contributed by atoms with Crippen LogP contribution in [0.25, 0.3) is 10.9 Å². The molecule has 25 heavy (non-hydrogen) atoms. The third kappa shape index (κ3) is 3.47. The van der Waals surface area contributed by atoms with Gasteiger partial charge in [0.15, 0.2) is 0 Å². The van der Waals surface area contributed by atoms with E-state index in [0.717, 1.165) is 10.9 Å². The lowest BCUT2D eigenvalue weighted by atomic mass is 9.85. The van der Waals surface area contributed by atoms with Crippen molar-refractivity contribution in [2.45, 2.75) is 38.0 Å². The molecule has 1 aliphatic rings. The Bertz CT molecular complexity index is 865. The molecule has 1 saturated carbocycles. The van der Waals surface area contributed by atoms with E-state index >= 15 is 0 Å². The van der Waals surface area contributed by atoms with Crippen LogP contribution in [-0.4, -0.2) is 21.0 Å². The van der Waals surface area contributed by atoms with E-state index in [4.69, 9.17) is 0 Å². The van der Waals surface area contributed by atoms with Crippen LogP contribution in [0.15, 0.2) is 43.0 Å². The quantitative estimate of drug-likeness (QED) is 0.651. The van der Waals surface area contributed by atoms with E-state index in [1.165, 1.54) is 37.7 Å². The number of hydrogen-bond donors (Lipinski definition) is 3. The second-order valence-corrected chi connectivity index (χ2v) is 6.51. The lowest BCUT2D eigenvalue weighted by Crippen LogP contribution is -2.20. The molecule has 3 N–H and O–H groups in total. The SMILES string of the molecule is O=C(Nc1ccc(C2CCCCC2)cn1)Nc1c[nH]c2cnccc12. The van der Waals surface area contributed by atoms with Gasteiger partial charge in [0.2, 0.25) is 0 Å². The van der Waals surface area contributed by atoms with Gasteiger partial charge in [0.1, 0.15) is 5.82 Å². The number of pyridine rings is 2. The van der Waals surface area contributed by atoms with Crippen molar-refractivity contribution in [1.29, 1.82) is 0 Å². The van der Waals surface area contributed by atoms with Gasteiger partial charge in [-0.25, -0.2) is 9.78 Å². The molecule has 1 aliphatic carbocycles. The third-order valence-electron chi connectivity index (χ3n) is 4.84. The molecule has 0 radical (unpaired) electrons. The van der Waals surface area contributed by atoms with Crippen LogP contribution in [0.1, 0.15) is 43.6 Å². The molecule has 0 aromatic carbocycles. The van der Waals surface area contributed by atoms with Gasteiger partial charge < -0.3 is 10.3 Å². The van der Waals surface area contributed by atoms with Crippen molar-refractivity contribution < 1.29 is 4.79 Å². The maximum absolute atomic E-state index is 12.2. The van der Waals surface area contributed by atoms with E-state index in [1.54, 1.807) is 18.6 Å². The topological polar surface area (TPSA) is 82.7 Å². The van der Waals surface area contributed by atoms with Crippen molar-refractivity contribution in [2.75, 3.05) is 10.6 Å². The smallest absolute Gasteiger partial charge is 0.324 e. The second kappa shape index (κ2) is 6.93. The number of anilines is 2. The lowest BCUT2D eigenvalue weighted by molar-refractivity contribution is 0.262. The molecule has 0 aliphatic heterocycles. The summed E-state index contributed by atoms with van der Waals surface area (Å²) in [5, 5.41) is 6.55. The van der Waals surface area contributed by atoms with Gasteiger partial charge in [-0.05, 0) is 36.5 Å². The standard InChI is InChI=1S/C19H21N5O/c25-19(23-17-12-21-16-11-20-9-8-15(16)17)24-18-7-6-14(10-22-18)13-4-2-1-3-5-13/h6-13,21H,1-5H2,(H2,22,23,24,25). The van der Waals surface area contributed by atoms with E-state index in [9.17, 15) is 4.79 Å². The Balaban J connectivity index is 1.40. The van der Waals surface area contributed by atoms with Gasteiger partial charge in [0.05, 0.1) is 17.4 Å². The molecule has 128 valence electrons. The van der Waals surface area contributed by atoms with Crippen LogP contribution in [0.2, 0.25) is 0 Å². The number of carbonyl (C=O) groups is 1. The number of nitrogens with one attached hydrogen (secondary N) is 3. The summed E-state index contributed by atoms with van der Waals surface area (Å²) >= 11 is 0. The minimum Gasteiger partial charge on any atom is -0.358 e.